The smallest absolute Gasteiger partial charge is 0.191 e. The summed E-state index contributed by atoms with van der Waals surface area (Å²) in [6.07, 6.45) is 3.81. The van der Waals surface area contributed by atoms with Gasteiger partial charge in [0.1, 0.15) is 12.4 Å². The molecule has 1 aromatic carbocycles. The minimum absolute atomic E-state index is 0.558. The van der Waals surface area contributed by atoms with Gasteiger partial charge in [0.05, 0.1) is 13.2 Å². The zero-order chi connectivity index (χ0) is 20.9. The fourth-order valence-electron chi connectivity index (χ4n) is 3.53. The first-order valence-electron chi connectivity index (χ1n) is 11.1. The van der Waals surface area contributed by atoms with E-state index in [9.17, 15) is 0 Å². The van der Waals surface area contributed by atoms with E-state index >= 15 is 0 Å². The lowest BCUT2D eigenvalue weighted by Gasteiger charge is -2.29. The second-order valence-corrected chi connectivity index (χ2v) is 7.81. The quantitative estimate of drug-likeness (QED) is 0.337. The number of nitrogens with one attached hydrogen (secondary N) is 2. The highest BCUT2D eigenvalue weighted by Gasteiger charge is 2.16. The number of aryl methyl sites for hydroxylation is 1. The van der Waals surface area contributed by atoms with Gasteiger partial charge in [-0.3, -0.25) is 0 Å². The van der Waals surface area contributed by atoms with E-state index in [0.29, 0.717) is 26.4 Å². The van der Waals surface area contributed by atoms with Crippen LogP contribution in [0.1, 0.15) is 44.2 Å². The summed E-state index contributed by atoms with van der Waals surface area (Å²) in [5.74, 6) is 2.60. The summed E-state index contributed by atoms with van der Waals surface area (Å²) in [7, 11) is 2.21. The highest BCUT2D eigenvalue weighted by Crippen LogP contribution is 2.21. The molecule has 1 aliphatic heterocycles. The van der Waals surface area contributed by atoms with Crippen molar-refractivity contribution in [3.8, 4) is 5.75 Å². The highest BCUT2D eigenvalue weighted by atomic mass is 16.5. The van der Waals surface area contributed by atoms with Crippen molar-refractivity contribution in [3.63, 3.8) is 0 Å². The van der Waals surface area contributed by atoms with E-state index in [1.807, 2.05) is 6.92 Å². The third kappa shape index (κ3) is 9.05. The number of guanidine groups is 1. The molecule has 1 saturated heterocycles. The van der Waals surface area contributed by atoms with Crippen molar-refractivity contribution >= 4 is 5.96 Å². The Kier molecular flexibility index (Phi) is 10.9. The molecule has 1 fully saturated rings. The van der Waals surface area contributed by atoms with Gasteiger partial charge in [-0.05, 0) is 77.7 Å². The average Bonchev–Trinajstić information content (AvgIpc) is 2.72. The zero-order valence-corrected chi connectivity index (χ0v) is 18.8. The van der Waals surface area contributed by atoms with E-state index < -0.39 is 0 Å². The molecule has 0 atom stereocenters. The van der Waals surface area contributed by atoms with Crippen molar-refractivity contribution in [2.24, 2.45) is 10.9 Å². The second kappa shape index (κ2) is 13.4. The van der Waals surface area contributed by atoms with Crippen molar-refractivity contribution < 1.29 is 9.47 Å². The van der Waals surface area contributed by atoms with Gasteiger partial charge < -0.3 is 25.0 Å². The summed E-state index contributed by atoms with van der Waals surface area (Å²) < 4.78 is 11.3. The average molecular weight is 405 g/mol. The van der Waals surface area contributed by atoms with E-state index in [1.165, 1.54) is 37.9 Å². The van der Waals surface area contributed by atoms with Gasteiger partial charge in [-0.1, -0.05) is 12.1 Å². The van der Waals surface area contributed by atoms with Gasteiger partial charge >= 0.3 is 0 Å². The molecule has 0 unspecified atom stereocenters. The molecule has 1 aromatic rings. The van der Waals surface area contributed by atoms with Crippen LogP contribution in [0, 0.1) is 12.8 Å². The van der Waals surface area contributed by atoms with Crippen LogP contribution in [0.15, 0.2) is 23.2 Å². The lowest BCUT2D eigenvalue weighted by Crippen LogP contribution is -2.39. The van der Waals surface area contributed by atoms with Gasteiger partial charge in [0.2, 0.25) is 0 Å². The number of nitrogens with zero attached hydrogens (tertiary/aromatic N) is 2. The van der Waals surface area contributed by atoms with E-state index in [1.54, 1.807) is 0 Å². The maximum Gasteiger partial charge on any atom is 0.191 e. The van der Waals surface area contributed by atoms with E-state index in [4.69, 9.17) is 14.5 Å². The largest absolute Gasteiger partial charge is 0.491 e. The van der Waals surface area contributed by atoms with Crippen molar-refractivity contribution in [3.05, 3.63) is 29.3 Å². The molecule has 0 spiro atoms. The number of aliphatic imine (C=N–C) groups is 1. The van der Waals surface area contributed by atoms with Crippen LogP contribution in [0.4, 0.5) is 0 Å². The van der Waals surface area contributed by atoms with Gasteiger partial charge in [-0.25, -0.2) is 4.99 Å². The minimum atomic E-state index is 0.558. The van der Waals surface area contributed by atoms with Crippen molar-refractivity contribution in [1.82, 2.24) is 15.5 Å². The molecule has 29 heavy (non-hydrogen) atoms. The topological polar surface area (TPSA) is 58.1 Å². The molecule has 6 heteroatoms. The normalized spacial score (nSPS) is 16.1. The summed E-state index contributed by atoms with van der Waals surface area (Å²) in [5.41, 5.74) is 2.28. The SMILES string of the molecule is CCNC(=NCc1ccc(C)cc1OCCOCC)NCCC1CCN(C)CC1. The molecular weight excluding hydrogens is 364 g/mol. The lowest BCUT2D eigenvalue weighted by molar-refractivity contribution is 0.110. The lowest BCUT2D eigenvalue weighted by atomic mass is 9.94. The zero-order valence-electron chi connectivity index (χ0n) is 18.8. The van der Waals surface area contributed by atoms with E-state index in [0.717, 1.165) is 36.3 Å². The van der Waals surface area contributed by atoms with Crippen LogP contribution in [0.2, 0.25) is 0 Å². The van der Waals surface area contributed by atoms with Crippen molar-refractivity contribution in [2.45, 2.75) is 46.6 Å². The Morgan fingerprint density at radius 1 is 1.17 bits per heavy atom. The maximum atomic E-state index is 5.94. The number of ether oxygens (including phenoxy) is 2. The number of likely N-dealkylation sites (tertiary alicyclic amines) is 1. The van der Waals surface area contributed by atoms with Crippen LogP contribution in [0.25, 0.3) is 0 Å². The van der Waals surface area contributed by atoms with Crippen molar-refractivity contribution in [2.75, 3.05) is 53.0 Å². The number of rotatable bonds is 11. The number of hydrogen-bond donors (Lipinski definition) is 2. The Hall–Kier alpha value is -1.79. The van der Waals surface area contributed by atoms with E-state index in [-0.39, 0.29) is 0 Å². The predicted octanol–water partition coefficient (Wildman–Crippen LogP) is 3.20. The number of hydrogen-bond acceptors (Lipinski definition) is 4. The standard InChI is InChI=1S/C23H40N4O2/c1-5-24-23(25-12-9-20-10-13-27(4)14-11-20)26-18-21-8-7-19(3)17-22(21)29-16-15-28-6-2/h7-8,17,20H,5-6,9-16,18H2,1-4H3,(H2,24,25,26). The highest BCUT2D eigenvalue weighted by molar-refractivity contribution is 5.79. The molecular formula is C23H40N4O2. The summed E-state index contributed by atoms with van der Waals surface area (Å²) >= 11 is 0. The molecule has 0 saturated carbocycles. The first-order valence-corrected chi connectivity index (χ1v) is 11.1. The van der Waals surface area contributed by atoms with Crippen LogP contribution in [-0.4, -0.2) is 63.9 Å². The molecule has 2 rings (SSSR count). The maximum absolute atomic E-state index is 5.94. The first kappa shape index (κ1) is 23.5. The molecule has 0 bridgehead atoms. The van der Waals surface area contributed by atoms with Gasteiger partial charge in [0.15, 0.2) is 5.96 Å². The molecule has 6 nitrogen and oxygen atoms in total. The number of piperidine rings is 1. The van der Waals surface area contributed by atoms with Crippen LogP contribution >= 0.6 is 0 Å². The molecule has 164 valence electrons. The van der Waals surface area contributed by atoms with Gasteiger partial charge in [0, 0.05) is 25.3 Å². The molecule has 1 heterocycles. The fraction of sp³-hybridized carbons (Fsp3) is 0.696. The van der Waals surface area contributed by atoms with Gasteiger partial charge in [0.25, 0.3) is 0 Å². The molecule has 0 amide bonds. The molecule has 0 aliphatic carbocycles. The fourth-order valence-corrected chi connectivity index (χ4v) is 3.53. The Labute approximate surface area is 177 Å². The van der Waals surface area contributed by atoms with Crippen LogP contribution in [-0.2, 0) is 11.3 Å². The molecule has 1 aliphatic rings. The Bertz CT molecular complexity index is 613. The Morgan fingerprint density at radius 3 is 2.69 bits per heavy atom. The number of benzene rings is 1. The molecule has 2 N–H and O–H groups in total. The molecule has 0 aromatic heterocycles. The summed E-state index contributed by atoms with van der Waals surface area (Å²) in [6, 6.07) is 6.30. The predicted molar refractivity (Wildman–Crippen MR) is 121 cm³/mol. The summed E-state index contributed by atoms with van der Waals surface area (Å²) in [6.45, 7) is 12.9. The van der Waals surface area contributed by atoms with E-state index in [2.05, 4.69) is 54.6 Å². The third-order valence-electron chi connectivity index (χ3n) is 5.35. The van der Waals surface area contributed by atoms with Gasteiger partial charge in [-0.2, -0.15) is 0 Å². The van der Waals surface area contributed by atoms with Crippen LogP contribution < -0.4 is 15.4 Å². The van der Waals surface area contributed by atoms with Crippen LogP contribution in [0.5, 0.6) is 5.75 Å². The molecule has 0 radical (unpaired) electrons. The minimum Gasteiger partial charge on any atom is -0.491 e. The second-order valence-electron chi connectivity index (χ2n) is 7.81. The summed E-state index contributed by atoms with van der Waals surface area (Å²) in [4.78, 5) is 7.21. The monoisotopic (exact) mass is 404 g/mol. The Balaban J connectivity index is 1.87. The van der Waals surface area contributed by atoms with Crippen molar-refractivity contribution in [1.29, 1.82) is 0 Å². The summed E-state index contributed by atoms with van der Waals surface area (Å²) in [5, 5.41) is 6.86. The van der Waals surface area contributed by atoms with Gasteiger partial charge in [-0.15, -0.1) is 0 Å². The Morgan fingerprint density at radius 2 is 1.97 bits per heavy atom. The third-order valence-corrected chi connectivity index (χ3v) is 5.35. The first-order chi connectivity index (χ1) is 14.1. The van der Waals surface area contributed by atoms with Crippen LogP contribution in [0.3, 0.4) is 0 Å².